The normalized spacial score (nSPS) is 15.1. The second kappa shape index (κ2) is 7.85. The molecule has 4 rings (SSSR count). The molecule has 7 nitrogen and oxygen atoms in total. The summed E-state index contributed by atoms with van der Waals surface area (Å²) in [5, 5.41) is 8.39. The fourth-order valence-corrected chi connectivity index (χ4v) is 3.30. The van der Waals surface area contributed by atoms with Crippen LogP contribution in [0.4, 0.5) is 0 Å². The van der Waals surface area contributed by atoms with Gasteiger partial charge in [0.2, 0.25) is 0 Å². The van der Waals surface area contributed by atoms with Crippen molar-refractivity contribution in [2.45, 2.75) is 0 Å². The molecule has 0 radical (unpaired) electrons. The van der Waals surface area contributed by atoms with Gasteiger partial charge in [-0.25, -0.2) is 0 Å². The molecule has 0 aliphatic carbocycles. The first kappa shape index (κ1) is 17.6. The van der Waals surface area contributed by atoms with E-state index in [0.717, 1.165) is 55.0 Å². The average molecular weight is 365 g/mol. The number of morpholine rings is 1. The number of nitrogens with zero attached hydrogens (tertiary/aromatic N) is 4. The molecule has 0 saturated carbocycles. The number of aryl methyl sites for hydroxylation is 1. The highest BCUT2D eigenvalue weighted by Gasteiger charge is 2.15. The van der Waals surface area contributed by atoms with Crippen LogP contribution in [-0.4, -0.2) is 65.0 Å². The summed E-state index contributed by atoms with van der Waals surface area (Å²) in [7, 11) is 1.84. The SMILES string of the molecule is Cn1nc(C(=O)NCCN2CCOCC2)cc1-c1cnc2ccccc2c1. The van der Waals surface area contributed by atoms with Crippen molar-refractivity contribution < 1.29 is 9.53 Å². The third-order valence-corrected chi connectivity index (χ3v) is 4.82. The molecule has 3 heterocycles. The molecule has 140 valence electrons. The molecule has 3 aromatic rings. The van der Waals surface area contributed by atoms with Crippen LogP contribution in [0.25, 0.3) is 22.2 Å². The van der Waals surface area contributed by atoms with E-state index in [-0.39, 0.29) is 5.91 Å². The highest BCUT2D eigenvalue weighted by atomic mass is 16.5. The largest absolute Gasteiger partial charge is 0.379 e. The van der Waals surface area contributed by atoms with Crippen molar-refractivity contribution in [2.24, 2.45) is 7.05 Å². The van der Waals surface area contributed by atoms with E-state index in [9.17, 15) is 4.79 Å². The first-order chi connectivity index (χ1) is 13.2. The highest BCUT2D eigenvalue weighted by Crippen LogP contribution is 2.23. The zero-order valence-electron chi connectivity index (χ0n) is 15.4. The van der Waals surface area contributed by atoms with Crippen LogP contribution in [0.2, 0.25) is 0 Å². The fourth-order valence-electron chi connectivity index (χ4n) is 3.30. The van der Waals surface area contributed by atoms with Crippen molar-refractivity contribution >= 4 is 16.8 Å². The van der Waals surface area contributed by atoms with E-state index in [1.807, 2.05) is 43.6 Å². The third-order valence-electron chi connectivity index (χ3n) is 4.82. The summed E-state index contributed by atoms with van der Waals surface area (Å²) >= 11 is 0. The smallest absolute Gasteiger partial charge is 0.271 e. The van der Waals surface area contributed by atoms with E-state index >= 15 is 0 Å². The number of carbonyl (C=O) groups excluding carboxylic acids is 1. The molecular weight excluding hydrogens is 342 g/mol. The van der Waals surface area contributed by atoms with Crippen molar-refractivity contribution in [1.82, 2.24) is 25.0 Å². The van der Waals surface area contributed by atoms with Gasteiger partial charge in [-0.2, -0.15) is 5.10 Å². The zero-order chi connectivity index (χ0) is 18.6. The quantitative estimate of drug-likeness (QED) is 0.745. The van der Waals surface area contributed by atoms with Gasteiger partial charge in [-0.3, -0.25) is 19.4 Å². The van der Waals surface area contributed by atoms with Crippen LogP contribution in [0.5, 0.6) is 0 Å². The molecule has 1 N–H and O–H groups in total. The number of carbonyl (C=O) groups is 1. The monoisotopic (exact) mass is 365 g/mol. The minimum absolute atomic E-state index is 0.154. The van der Waals surface area contributed by atoms with Crippen LogP contribution in [-0.2, 0) is 11.8 Å². The van der Waals surface area contributed by atoms with E-state index in [4.69, 9.17) is 4.74 Å². The number of hydrogen-bond acceptors (Lipinski definition) is 5. The van der Waals surface area contributed by atoms with Gasteiger partial charge < -0.3 is 10.1 Å². The number of ether oxygens (including phenoxy) is 1. The minimum Gasteiger partial charge on any atom is -0.379 e. The maximum absolute atomic E-state index is 12.4. The Balaban J connectivity index is 1.44. The third kappa shape index (κ3) is 3.99. The predicted octanol–water partition coefficient (Wildman–Crippen LogP) is 1.70. The van der Waals surface area contributed by atoms with Crippen molar-refractivity contribution in [3.05, 3.63) is 48.3 Å². The Morgan fingerprint density at radius 1 is 1.22 bits per heavy atom. The summed E-state index contributed by atoms with van der Waals surface area (Å²) < 4.78 is 7.06. The molecule has 1 fully saturated rings. The van der Waals surface area contributed by atoms with Gasteiger partial charge in [0.05, 0.1) is 24.4 Å². The van der Waals surface area contributed by atoms with Gasteiger partial charge in [-0.1, -0.05) is 18.2 Å². The molecule has 1 aliphatic rings. The number of benzene rings is 1. The maximum Gasteiger partial charge on any atom is 0.271 e. The van der Waals surface area contributed by atoms with Crippen LogP contribution in [0.3, 0.4) is 0 Å². The topological polar surface area (TPSA) is 72.3 Å². The number of hydrogen-bond donors (Lipinski definition) is 1. The number of rotatable bonds is 5. The number of aromatic nitrogens is 3. The van der Waals surface area contributed by atoms with Gasteiger partial charge in [0.15, 0.2) is 5.69 Å². The lowest BCUT2D eigenvalue weighted by Gasteiger charge is -2.26. The fraction of sp³-hybridized carbons (Fsp3) is 0.350. The van der Waals surface area contributed by atoms with Gasteiger partial charge in [-0.05, 0) is 18.2 Å². The summed E-state index contributed by atoms with van der Waals surface area (Å²) in [4.78, 5) is 19.2. The molecule has 7 heteroatoms. The molecular formula is C20H23N5O2. The first-order valence-corrected chi connectivity index (χ1v) is 9.18. The lowest BCUT2D eigenvalue weighted by Crippen LogP contribution is -2.41. The Kier molecular flexibility index (Phi) is 5.13. The van der Waals surface area contributed by atoms with Crippen molar-refractivity contribution in [3.8, 4) is 11.3 Å². The Hall–Kier alpha value is -2.77. The molecule has 1 aromatic carbocycles. The minimum atomic E-state index is -0.154. The summed E-state index contributed by atoms with van der Waals surface area (Å²) in [5.74, 6) is -0.154. The number of pyridine rings is 1. The Bertz CT molecular complexity index is 946. The van der Waals surface area contributed by atoms with Gasteiger partial charge in [0.25, 0.3) is 5.91 Å². The summed E-state index contributed by atoms with van der Waals surface area (Å²) in [6.45, 7) is 4.78. The van der Waals surface area contributed by atoms with Gasteiger partial charge in [-0.15, -0.1) is 0 Å². The second-order valence-corrected chi connectivity index (χ2v) is 6.67. The summed E-state index contributed by atoms with van der Waals surface area (Å²) in [5.41, 5.74) is 3.18. The van der Waals surface area contributed by atoms with E-state index in [1.165, 1.54) is 0 Å². The van der Waals surface area contributed by atoms with Crippen LogP contribution in [0, 0.1) is 0 Å². The van der Waals surface area contributed by atoms with Gasteiger partial charge in [0.1, 0.15) is 0 Å². The molecule has 1 saturated heterocycles. The number of fused-ring (bicyclic) bond motifs is 1. The van der Waals surface area contributed by atoms with Gasteiger partial charge >= 0.3 is 0 Å². The molecule has 1 amide bonds. The van der Waals surface area contributed by atoms with Crippen LogP contribution in [0.15, 0.2) is 42.6 Å². The molecule has 27 heavy (non-hydrogen) atoms. The van der Waals surface area contributed by atoms with Gasteiger partial charge in [0, 0.05) is 50.4 Å². The molecule has 0 spiro atoms. The van der Waals surface area contributed by atoms with Crippen LogP contribution in [0.1, 0.15) is 10.5 Å². The van der Waals surface area contributed by atoms with E-state index in [1.54, 1.807) is 4.68 Å². The van der Waals surface area contributed by atoms with E-state index in [0.29, 0.717) is 12.2 Å². The van der Waals surface area contributed by atoms with Crippen LogP contribution >= 0.6 is 0 Å². The number of para-hydroxylation sites is 1. The summed E-state index contributed by atoms with van der Waals surface area (Å²) in [6.07, 6.45) is 1.82. The Morgan fingerprint density at radius 2 is 2.04 bits per heavy atom. The molecule has 0 unspecified atom stereocenters. The average Bonchev–Trinajstić information content (AvgIpc) is 3.10. The first-order valence-electron chi connectivity index (χ1n) is 9.18. The zero-order valence-corrected chi connectivity index (χ0v) is 15.4. The van der Waals surface area contributed by atoms with Crippen molar-refractivity contribution in [1.29, 1.82) is 0 Å². The van der Waals surface area contributed by atoms with E-state index < -0.39 is 0 Å². The van der Waals surface area contributed by atoms with Crippen molar-refractivity contribution in [3.63, 3.8) is 0 Å². The van der Waals surface area contributed by atoms with E-state index in [2.05, 4.69) is 26.4 Å². The maximum atomic E-state index is 12.4. The summed E-state index contributed by atoms with van der Waals surface area (Å²) in [6, 6.07) is 11.9. The molecule has 2 aromatic heterocycles. The Morgan fingerprint density at radius 3 is 2.89 bits per heavy atom. The highest BCUT2D eigenvalue weighted by molar-refractivity contribution is 5.93. The standard InChI is InChI=1S/C20H23N5O2/c1-24-19(16-12-15-4-2-3-5-17(15)22-14-16)13-18(23-24)20(26)21-6-7-25-8-10-27-11-9-25/h2-5,12-14H,6-11H2,1H3,(H,21,26). The Labute approximate surface area is 157 Å². The lowest BCUT2D eigenvalue weighted by atomic mass is 10.1. The molecule has 0 bridgehead atoms. The van der Waals surface area contributed by atoms with Crippen LogP contribution < -0.4 is 5.32 Å². The molecule has 1 aliphatic heterocycles. The van der Waals surface area contributed by atoms with Crippen molar-refractivity contribution in [2.75, 3.05) is 39.4 Å². The predicted molar refractivity (Wildman–Crippen MR) is 104 cm³/mol. The second-order valence-electron chi connectivity index (χ2n) is 6.67. The lowest BCUT2D eigenvalue weighted by molar-refractivity contribution is 0.0383. The molecule has 0 atom stereocenters. The number of nitrogens with one attached hydrogen (secondary N) is 1. The number of amides is 1.